The van der Waals surface area contributed by atoms with Crippen LogP contribution in [0.1, 0.15) is 18.5 Å². The number of ether oxygens (including phenoxy) is 1. The van der Waals surface area contributed by atoms with E-state index in [-0.39, 0.29) is 10.9 Å². The van der Waals surface area contributed by atoms with Gasteiger partial charge >= 0.3 is 0 Å². The third kappa shape index (κ3) is 3.84. The number of methoxy groups -OCH3 is 1. The van der Waals surface area contributed by atoms with Crippen LogP contribution in [0.2, 0.25) is 0 Å². The summed E-state index contributed by atoms with van der Waals surface area (Å²) in [6.45, 7) is 1.81. The van der Waals surface area contributed by atoms with Gasteiger partial charge in [-0.1, -0.05) is 34.1 Å². The Hall–Kier alpha value is -1.37. The second-order valence-electron chi connectivity index (χ2n) is 4.54. The van der Waals surface area contributed by atoms with Crippen LogP contribution in [0.5, 0.6) is 5.75 Å². The lowest BCUT2D eigenvalue weighted by Gasteiger charge is -2.16. The Morgan fingerprint density at radius 3 is 2.29 bits per heavy atom. The molecule has 0 aliphatic carbocycles. The molecule has 2 rings (SSSR count). The smallest absolute Gasteiger partial charge is 0.241 e. The lowest BCUT2D eigenvalue weighted by Crippen LogP contribution is -2.27. The average Bonchev–Trinajstić information content (AvgIpc) is 2.47. The molecule has 1 N–H and O–H groups in total. The maximum Gasteiger partial charge on any atom is 0.241 e. The second-order valence-corrected chi connectivity index (χ2v) is 7.11. The molecule has 0 amide bonds. The Morgan fingerprint density at radius 2 is 1.71 bits per heavy atom. The summed E-state index contributed by atoms with van der Waals surface area (Å²) in [4.78, 5) is 0.210. The largest absolute Gasteiger partial charge is 0.497 e. The molecule has 2 aromatic rings. The number of sulfonamides is 1. The summed E-state index contributed by atoms with van der Waals surface area (Å²) >= 11 is 3.43. The number of hydrogen-bond donors (Lipinski definition) is 1. The highest BCUT2D eigenvalue weighted by Gasteiger charge is 2.19. The number of rotatable bonds is 5. The van der Waals surface area contributed by atoms with Gasteiger partial charge in [0.1, 0.15) is 5.75 Å². The lowest BCUT2D eigenvalue weighted by molar-refractivity contribution is 0.414. The predicted octanol–water partition coefficient (Wildman–Crippen LogP) is 3.50. The normalized spacial score (nSPS) is 12.9. The number of halogens is 1. The molecule has 0 aliphatic heterocycles. The maximum absolute atomic E-state index is 12.4. The third-order valence-corrected chi connectivity index (χ3v) is 5.35. The van der Waals surface area contributed by atoms with E-state index in [0.29, 0.717) is 5.75 Å². The van der Waals surface area contributed by atoms with E-state index in [2.05, 4.69) is 20.7 Å². The molecule has 0 saturated carbocycles. The highest BCUT2D eigenvalue weighted by atomic mass is 79.9. The quantitative estimate of drug-likeness (QED) is 0.877. The van der Waals surface area contributed by atoms with Crippen molar-refractivity contribution in [3.63, 3.8) is 0 Å². The van der Waals surface area contributed by atoms with Crippen molar-refractivity contribution in [2.24, 2.45) is 0 Å². The van der Waals surface area contributed by atoms with E-state index in [0.717, 1.165) is 10.0 Å². The van der Waals surface area contributed by atoms with Crippen LogP contribution in [0, 0.1) is 0 Å². The van der Waals surface area contributed by atoms with Crippen molar-refractivity contribution in [1.29, 1.82) is 0 Å². The van der Waals surface area contributed by atoms with Gasteiger partial charge in [-0.15, -0.1) is 0 Å². The Morgan fingerprint density at radius 1 is 1.10 bits per heavy atom. The van der Waals surface area contributed by atoms with E-state index in [1.165, 1.54) is 19.2 Å². The molecule has 0 aromatic heterocycles. The summed E-state index contributed by atoms with van der Waals surface area (Å²) in [5.41, 5.74) is 0.884. The fraction of sp³-hybridized carbons (Fsp3) is 0.200. The van der Waals surface area contributed by atoms with Gasteiger partial charge in [-0.2, -0.15) is 0 Å². The lowest BCUT2D eigenvalue weighted by atomic mass is 10.1. The van der Waals surface area contributed by atoms with Gasteiger partial charge in [0.05, 0.1) is 12.0 Å². The molecule has 0 spiro atoms. The first-order valence-electron chi connectivity index (χ1n) is 6.35. The fourth-order valence-electron chi connectivity index (χ4n) is 1.95. The van der Waals surface area contributed by atoms with E-state index in [9.17, 15) is 8.42 Å². The standard InChI is InChI=1S/C15H16BrNO3S/c1-11(14-5-3-4-6-15(14)16)17-21(18,19)13-9-7-12(20-2)8-10-13/h3-11,17H,1-2H3/t11-/m0/s1. The van der Waals surface area contributed by atoms with Gasteiger partial charge < -0.3 is 4.74 Å². The Labute approximate surface area is 133 Å². The van der Waals surface area contributed by atoms with Crippen molar-refractivity contribution in [3.05, 3.63) is 58.6 Å². The van der Waals surface area contributed by atoms with Crippen molar-refractivity contribution in [2.45, 2.75) is 17.9 Å². The minimum atomic E-state index is -3.58. The molecular formula is C15H16BrNO3S. The molecule has 0 saturated heterocycles. The third-order valence-electron chi connectivity index (χ3n) is 3.07. The minimum absolute atomic E-state index is 0.210. The zero-order valence-electron chi connectivity index (χ0n) is 11.7. The van der Waals surface area contributed by atoms with Crippen molar-refractivity contribution >= 4 is 26.0 Å². The predicted molar refractivity (Wildman–Crippen MR) is 85.9 cm³/mol. The zero-order valence-corrected chi connectivity index (χ0v) is 14.1. The Bertz CT molecular complexity index is 714. The van der Waals surface area contributed by atoms with Crippen molar-refractivity contribution in [1.82, 2.24) is 4.72 Å². The fourth-order valence-corrected chi connectivity index (χ4v) is 3.80. The molecule has 0 radical (unpaired) electrons. The van der Waals surface area contributed by atoms with Crippen LogP contribution in [-0.2, 0) is 10.0 Å². The van der Waals surface area contributed by atoms with E-state index in [1.807, 2.05) is 24.3 Å². The van der Waals surface area contributed by atoms with Gasteiger partial charge in [0.15, 0.2) is 0 Å². The first-order valence-corrected chi connectivity index (χ1v) is 8.62. The number of hydrogen-bond acceptors (Lipinski definition) is 3. The molecule has 0 heterocycles. The summed E-state index contributed by atoms with van der Waals surface area (Å²) in [6, 6.07) is 13.5. The van der Waals surface area contributed by atoms with Crippen LogP contribution in [0.25, 0.3) is 0 Å². The van der Waals surface area contributed by atoms with E-state index in [4.69, 9.17) is 4.74 Å². The number of nitrogens with one attached hydrogen (secondary N) is 1. The molecule has 0 aliphatic rings. The summed E-state index contributed by atoms with van der Waals surface area (Å²) in [7, 11) is -2.04. The summed E-state index contributed by atoms with van der Waals surface area (Å²) in [6.07, 6.45) is 0. The highest BCUT2D eigenvalue weighted by molar-refractivity contribution is 9.10. The van der Waals surface area contributed by atoms with Crippen LogP contribution in [0.4, 0.5) is 0 Å². The molecular weight excluding hydrogens is 354 g/mol. The monoisotopic (exact) mass is 369 g/mol. The van der Waals surface area contributed by atoms with Crippen molar-refractivity contribution < 1.29 is 13.2 Å². The van der Waals surface area contributed by atoms with Gasteiger partial charge in [0.25, 0.3) is 0 Å². The van der Waals surface area contributed by atoms with Crippen LogP contribution in [0.15, 0.2) is 57.9 Å². The first kappa shape index (κ1) is 16.0. The van der Waals surface area contributed by atoms with Crippen molar-refractivity contribution in [3.8, 4) is 5.75 Å². The summed E-state index contributed by atoms with van der Waals surface area (Å²) in [5, 5.41) is 0. The van der Waals surface area contributed by atoms with Gasteiger partial charge in [0, 0.05) is 10.5 Å². The van der Waals surface area contributed by atoms with Gasteiger partial charge in [-0.25, -0.2) is 13.1 Å². The maximum atomic E-state index is 12.4. The first-order chi connectivity index (χ1) is 9.94. The molecule has 2 aromatic carbocycles. The summed E-state index contributed by atoms with van der Waals surface area (Å²) in [5.74, 6) is 0.618. The van der Waals surface area contributed by atoms with E-state index >= 15 is 0 Å². The summed E-state index contributed by atoms with van der Waals surface area (Å²) < 4.78 is 33.3. The SMILES string of the molecule is COc1ccc(S(=O)(=O)N[C@@H](C)c2ccccc2Br)cc1. The van der Waals surface area contributed by atoms with E-state index < -0.39 is 10.0 Å². The van der Waals surface area contributed by atoms with E-state index in [1.54, 1.807) is 19.1 Å². The van der Waals surface area contributed by atoms with Crippen LogP contribution < -0.4 is 9.46 Å². The molecule has 0 unspecified atom stereocenters. The highest BCUT2D eigenvalue weighted by Crippen LogP contribution is 2.24. The number of benzene rings is 2. The molecule has 21 heavy (non-hydrogen) atoms. The molecule has 0 bridgehead atoms. The van der Waals surface area contributed by atoms with Crippen LogP contribution in [0.3, 0.4) is 0 Å². The van der Waals surface area contributed by atoms with Gasteiger partial charge in [0.2, 0.25) is 10.0 Å². The minimum Gasteiger partial charge on any atom is -0.497 e. The molecule has 0 fully saturated rings. The van der Waals surface area contributed by atoms with Gasteiger partial charge in [-0.05, 0) is 42.8 Å². The topological polar surface area (TPSA) is 55.4 Å². The van der Waals surface area contributed by atoms with Crippen LogP contribution in [-0.4, -0.2) is 15.5 Å². The van der Waals surface area contributed by atoms with Gasteiger partial charge in [-0.3, -0.25) is 0 Å². The molecule has 112 valence electrons. The molecule has 1 atom stereocenters. The average molecular weight is 370 g/mol. The molecule has 6 heteroatoms. The Balaban J connectivity index is 2.22. The van der Waals surface area contributed by atoms with Crippen LogP contribution >= 0.6 is 15.9 Å². The Kier molecular flexibility index (Phi) is 5.03. The molecule has 4 nitrogen and oxygen atoms in total. The second kappa shape index (κ2) is 6.60. The zero-order chi connectivity index (χ0) is 15.5. The van der Waals surface area contributed by atoms with Crippen molar-refractivity contribution in [2.75, 3.05) is 7.11 Å².